The first kappa shape index (κ1) is 16.6. The summed E-state index contributed by atoms with van der Waals surface area (Å²) in [7, 11) is 2.11. The molecule has 0 aliphatic carbocycles. The van der Waals surface area contributed by atoms with Gasteiger partial charge in [-0.1, -0.05) is 39.3 Å². The van der Waals surface area contributed by atoms with Gasteiger partial charge in [0.15, 0.2) is 0 Å². The third-order valence-corrected chi connectivity index (χ3v) is 5.10. The van der Waals surface area contributed by atoms with Crippen molar-refractivity contribution in [2.75, 3.05) is 7.05 Å². The molecule has 0 aliphatic heterocycles. The lowest BCUT2D eigenvalue weighted by atomic mass is 10.0. The molecule has 2 nitrogen and oxygen atoms in total. The van der Waals surface area contributed by atoms with Crippen molar-refractivity contribution in [3.8, 4) is 5.75 Å². The molecule has 1 N–H and O–H groups in total. The van der Waals surface area contributed by atoms with Crippen LogP contribution in [0.4, 0.5) is 4.39 Å². The summed E-state index contributed by atoms with van der Waals surface area (Å²) in [5, 5.41) is 11.4. The minimum Gasteiger partial charge on any atom is -0.507 e. The summed E-state index contributed by atoms with van der Waals surface area (Å²) in [6.45, 7) is 6.02. The van der Waals surface area contributed by atoms with Gasteiger partial charge in [-0.25, -0.2) is 4.39 Å². The Hall–Kier alpha value is -1.73. The van der Waals surface area contributed by atoms with Crippen LogP contribution in [-0.2, 0) is 0 Å². The topological polar surface area (TPSA) is 32.6 Å². The van der Waals surface area contributed by atoms with Gasteiger partial charge in [-0.15, -0.1) is 0 Å². The zero-order chi connectivity index (χ0) is 16.3. The van der Waals surface area contributed by atoms with E-state index in [1.54, 1.807) is 19.3 Å². The molecule has 4 heteroatoms. The summed E-state index contributed by atoms with van der Waals surface area (Å²) in [6, 6.07) is 8.78. The summed E-state index contributed by atoms with van der Waals surface area (Å²) < 4.78 is 13.4. The molecule has 0 fully saturated rings. The van der Waals surface area contributed by atoms with E-state index in [1.807, 2.05) is 26.0 Å². The Balaban J connectivity index is 2.35. The highest BCUT2D eigenvalue weighted by Gasteiger charge is 2.15. The number of aromatic hydroxyl groups is 1. The van der Waals surface area contributed by atoms with Crippen molar-refractivity contribution in [1.82, 2.24) is 0 Å². The number of phenols is 1. The van der Waals surface area contributed by atoms with Crippen molar-refractivity contribution < 1.29 is 9.50 Å². The molecular formula is C18H21FNOP. The number of phenolic OH excluding ortho intramolecular Hbond substituents is 1. The second-order valence-corrected chi connectivity index (χ2v) is 7.20. The van der Waals surface area contributed by atoms with Crippen molar-refractivity contribution >= 4 is 20.1 Å². The van der Waals surface area contributed by atoms with Crippen LogP contribution >= 0.6 is 8.58 Å². The molecule has 0 saturated carbocycles. The highest BCUT2D eigenvalue weighted by atomic mass is 31.1. The van der Waals surface area contributed by atoms with Gasteiger partial charge in [0, 0.05) is 30.0 Å². The van der Waals surface area contributed by atoms with Crippen molar-refractivity contribution in [1.29, 1.82) is 0 Å². The summed E-state index contributed by atoms with van der Waals surface area (Å²) in [4.78, 5) is 4.00. The van der Waals surface area contributed by atoms with Crippen molar-refractivity contribution in [2.45, 2.75) is 26.4 Å². The average molecular weight is 317 g/mol. The first-order valence-corrected chi connectivity index (χ1v) is 8.28. The van der Waals surface area contributed by atoms with Crippen LogP contribution in [-0.4, -0.2) is 18.4 Å². The van der Waals surface area contributed by atoms with Gasteiger partial charge in [0.1, 0.15) is 11.6 Å². The zero-order valence-corrected chi connectivity index (χ0v) is 14.3. The highest BCUT2D eigenvalue weighted by molar-refractivity contribution is 7.47. The van der Waals surface area contributed by atoms with E-state index in [0.29, 0.717) is 14.3 Å². The fraction of sp³-hybridized carbons (Fsp3) is 0.278. The molecule has 0 saturated heterocycles. The monoisotopic (exact) mass is 317 g/mol. The van der Waals surface area contributed by atoms with Gasteiger partial charge in [-0.05, 0) is 36.8 Å². The molecule has 0 radical (unpaired) electrons. The van der Waals surface area contributed by atoms with Crippen LogP contribution in [0.15, 0.2) is 35.3 Å². The molecule has 2 aromatic rings. The third-order valence-electron chi connectivity index (χ3n) is 3.59. The third kappa shape index (κ3) is 3.72. The summed E-state index contributed by atoms with van der Waals surface area (Å²) >= 11 is 0. The quantitative estimate of drug-likeness (QED) is 0.663. The normalized spacial score (nSPS) is 13.3. The Bertz CT molecular complexity index is 712. The van der Waals surface area contributed by atoms with E-state index in [2.05, 4.69) is 11.9 Å². The van der Waals surface area contributed by atoms with E-state index in [1.165, 1.54) is 12.1 Å². The second-order valence-electron chi connectivity index (χ2n) is 5.50. The predicted molar refractivity (Wildman–Crippen MR) is 93.9 cm³/mol. The maximum atomic E-state index is 13.4. The lowest BCUT2D eigenvalue weighted by Crippen LogP contribution is -2.06. The number of aliphatic imine (C=N–C) groups is 1. The van der Waals surface area contributed by atoms with E-state index in [-0.39, 0.29) is 11.5 Å². The van der Waals surface area contributed by atoms with Gasteiger partial charge in [0.2, 0.25) is 0 Å². The van der Waals surface area contributed by atoms with E-state index >= 15 is 0 Å². The number of rotatable bonds is 4. The molecule has 0 spiro atoms. The lowest BCUT2D eigenvalue weighted by molar-refractivity contribution is 0.464. The molecule has 2 aromatic carbocycles. The fourth-order valence-corrected chi connectivity index (χ4v) is 3.87. The zero-order valence-electron chi connectivity index (χ0n) is 13.3. The minimum absolute atomic E-state index is 0.160. The Morgan fingerprint density at radius 2 is 1.95 bits per heavy atom. The standard InChI is InChI=1S/C18H21FNOP/c1-11-7-12(2)18(21)16(8-11)13(3)22-17-6-5-15(19)9-14(17)10-20-4/h5-10,13,21-22H,1-4H3. The second kappa shape index (κ2) is 7.02. The summed E-state index contributed by atoms with van der Waals surface area (Å²) in [6.07, 6.45) is 1.68. The SMILES string of the molecule is CN=Cc1cc(F)ccc1PC(C)c1cc(C)cc(C)c1O. The number of benzene rings is 2. The van der Waals surface area contributed by atoms with Gasteiger partial charge in [-0.3, -0.25) is 4.99 Å². The molecule has 2 atom stereocenters. The number of hydrogen-bond acceptors (Lipinski definition) is 2. The van der Waals surface area contributed by atoms with Crippen LogP contribution in [0.5, 0.6) is 5.75 Å². The average Bonchev–Trinajstić information content (AvgIpc) is 2.46. The van der Waals surface area contributed by atoms with E-state index < -0.39 is 0 Å². The van der Waals surface area contributed by atoms with Gasteiger partial charge >= 0.3 is 0 Å². The van der Waals surface area contributed by atoms with Crippen LogP contribution in [0.25, 0.3) is 0 Å². The molecule has 0 amide bonds. The van der Waals surface area contributed by atoms with Crippen LogP contribution in [0.3, 0.4) is 0 Å². The maximum Gasteiger partial charge on any atom is 0.123 e. The van der Waals surface area contributed by atoms with Crippen molar-refractivity contribution in [3.05, 3.63) is 58.4 Å². The summed E-state index contributed by atoms with van der Waals surface area (Å²) in [5.74, 6) is 0.101. The van der Waals surface area contributed by atoms with E-state index in [9.17, 15) is 9.50 Å². The maximum absolute atomic E-state index is 13.4. The Morgan fingerprint density at radius 1 is 1.23 bits per heavy atom. The molecular weight excluding hydrogens is 296 g/mol. The number of hydrogen-bond donors (Lipinski definition) is 1. The van der Waals surface area contributed by atoms with Crippen LogP contribution < -0.4 is 5.30 Å². The Kier molecular flexibility index (Phi) is 5.31. The molecule has 0 heterocycles. The minimum atomic E-state index is -0.259. The first-order chi connectivity index (χ1) is 10.4. The molecule has 2 unspecified atom stereocenters. The largest absolute Gasteiger partial charge is 0.507 e. The van der Waals surface area contributed by atoms with Crippen LogP contribution in [0, 0.1) is 19.7 Å². The van der Waals surface area contributed by atoms with Gasteiger partial charge in [0.05, 0.1) is 0 Å². The molecule has 22 heavy (non-hydrogen) atoms. The van der Waals surface area contributed by atoms with Crippen molar-refractivity contribution in [3.63, 3.8) is 0 Å². The number of aryl methyl sites for hydroxylation is 2. The molecule has 116 valence electrons. The number of nitrogens with zero attached hydrogens (tertiary/aromatic N) is 1. The van der Waals surface area contributed by atoms with Gasteiger partial charge < -0.3 is 5.11 Å². The molecule has 0 aromatic heterocycles. The Morgan fingerprint density at radius 3 is 2.64 bits per heavy atom. The smallest absolute Gasteiger partial charge is 0.123 e. The van der Waals surface area contributed by atoms with E-state index in [4.69, 9.17) is 0 Å². The fourth-order valence-electron chi connectivity index (χ4n) is 2.54. The van der Waals surface area contributed by atoms with Gasteiger partial charge in [-0.2, -0.15) is 0 Å². The van der Waals surface area contributed by atoms with Crippen molar-refractivity contribution in [2.24, 2.45) is 4.99 Å². The van der Waals surface area contributed by atoms with Crippen LogP contribution in [0.1, 0.15) is 34.8 Å². The first-order valence-electron chi connectivity index (χ1n) is 7.20. The highest BCUT2D eigenvalue weighted by Crippen LogP contribution is 2.40. The lowest BCUT2D eigenvalue weighted by Gasteiger charge is -2.17. The summed E-state index contributed by atoms with van der Waals surface area (Å²) in [5.41, 5.74) is 3.93. The van der Waals surface area contributed by atoms with Gasteiger partial charge in [0.25, 0.3) is 0 Å². The molecule has 0 bridgehead atoms. The van der Waals surface area contributed by atoms with E-state index in [0.717, 1.165) is 27.6 Å². The molecule has 2 rings (SSSR count). The Labute approximate surface area is 132 Å². The van der Waals surface area contributed by atoms with Crippen LogP contribution in [0.2, 0.25) is 0 Å². The molecule has 0 aliphatic rings. The number of halogens is 1. The predicted octanol–water partition coefficient (Wildman–Crippen LogP) is 4.26.